The summed E-state index contributed by atoms with van der Waals surface area (Å²) in [5.74, 6) is -1.52. The van der Waals surface area contributed by atoms with Gasteiger partial charge in [-0.05, 0) is 40.8 Å². The molecular weight excluding hydrogens is 312 g/mol. The second-order valence-corrected chi connectivity index (χ2v) is 4.26. The predicted octanol–water partition coefficient (Wildman–Crippen LogP) is 1.88. The summed E-state index contributed by atoms with van der Waals surface area (Å²) >= 11 is 1.99. The molecule has 0 saturated heterocycles. The first kappa shape index (κ1) is 12.1. The van der Waals surface area contributed by atoms with Crippen molar-refractivity contribution in [1.29, 1.82) is 0 Å². The van der Waals surface area contributed by atoms with Crippen LogP contribution in [0.3, 0.4) is 0 Å². The Kier molecular flexibility index (Phi) is 4.19. The van der Waals surface area contributed by atoms with E-state index in [1.54, 1.807) is 6.07 Å². The average Bonchev–Trinajstić information content (AvgIpc) is 2.18. The minimum atomic E-state index is -0.565. The maximum Gasteiger partial charge on any atom is 0.217 e. The van der Waals surface area contributed by atoms with Gasteiger partial charge in [0.25, 0.3) is 0 Å². The molecule has 15 heavy (non-hydrogen) atoms. The van der Waals surface area contributed by atoms with Crippen LogP contribution in [0.25, 0.3) is 0 Å². The predicted molar refractivity (Wildman–Crippen MR) is 61.9 cm³/mol. The van der Waals surface area contributed by atoms with Crippen LogP contribution in [0.1, 0.15) is 23.2 Å². The average molecular weight is 321 g/mol. The van der Waals surface area contributed by atoms with Crippen LogP contribution in [0.5, 0.6) is 0 Å². The zero-order chi connectivity index (χ0) is 11.4. The van der Waals surface area contributed by atoms with Crippen molar-refractivity contribution in [1.82, 2.24) is 0 Å². The van der Waals surface area contributed by atoms with E-state index in [0.29, 0.717) is 0 Å². The van der Waals surface area contributed by atoms with Crippen molar-refractivity contribution in [2.75, 3.05) is 0 Å². The van der Waals surface area contributed by atoms with Crippen LogP contribution in [-0.2, 0) is 4.79 Å². The minimum absolute atomic E-state index is 0.0168. The lowest BCUT2D eigenvalue weighted by Crippen LogP contribution is -2.13. The van der Waals surface area contributed by atoms with E-state index in [1.165, 1.54) is 12.1 Å². The molecule has 0 aliphatic heterocycles. The van der Waals surface area contributed by atoms with Gasteiger partial charge in [0.15, 0.2) is 5.78 Å². The smallest absolute Gasteiger partial charge is 0.217 e. The number of hydrogen-bond donors (Lipinski definition) is 1. The van der Waals surface area contributed by atoms with Gasteiger partial charge in [0.1, 0.15) is 5.82 Å². The zero-order valence-electron chi connectivity index (χ0n) is 7.80. The van der Waals surface area contributed by atoms with E-state index in [4.69, 9.17) is 5.73 Å². The first-order valence-electron chi connectivity index (χ1n) is 4.27. The Bertz CT molecular complexity index is 406. The Morgan fingerprint density at radius 2 is 2.00 bits per heavy atom. The molecule has 0 heterocycles. The summed E-state index contributed by atoms with van der Waals surface area (Å²) in [6, 6.07) is 4.26. The number of ketones is 1. The van der Waals surface area contributed by atoms with Crippen molar-refractivity contribution in [3.63, 3.8) is 0 Å². The number of nitrogens with two attached hydrogens (primary N) is 1. The van der Waals surface area contributed by atoms with E-state index < -0.39 is 17.5 Å². The second kappa shape index (κ2) is 5.20. The number of benzene rings is 1. The summed E-state index contributed by atoms with van der Waals surface area (Å²) < 4.78 is 14.0. The van der Waals surface area contributed by atoms with E-state index in [0.717, 1.165) is 3.57 Å². The highest BCUT2D eigenvalue weighted by atomic mass is 127. The highest BCUT2D eigenvalue weighted by molar-refractivity contribution is 14.1. The minimum Gasteiger partial charge on any atom is -0.370 e. The van der Waals surface area contributed by atoms with Crippen LogP contribution in [0.2, 0.25) is 0 Å². The Morgan fingerprint density at radius 3 is 2.60 bits per heavy atom. The lowest BCUT2D eigenvalue weighted by molar-refractivity contribution is -0.118. The molecule has 1 aromatic carbocycles. The Hall–Kier alpha value is -0.980. The molecule has 0 saturated carbocycles. The highest BCUT2D eigenvalue weighted by Gasteiger charge is 2.12. The standard InChI is InChI=1S/C10H9FINO2/c11-8-2-1-6(12)5-7(8)9(14)3-4-10(13)15/h1-2,5H,3-4H2,(H2,13,15). The third-order valence-corrected chi connectivity index (χ3v) is 2.50. The fraction of sp³-hybridized carbons (Fsp3) is 0.200. The molecular formula is C10H9FINO2. The maximum atomic E-state index is 13.2. The molecule has 1 rings (SSSR count). The molecule has 5 heteroatoms. The lowest BCUT2D eigenvalue weighted by atomic mass is 10.1. The topological polar surface area (TPSA) is 60.2 Å². The number of Topliss-reactive ketones (excluding diaryl/α,β-unsaturated/α-hetero) is 1. The van der Waals surface area contributed by atoms with Gasteiger partial charge in [-0.15, -0.1) is 0 Å². The van der Waals surface area contributed by atoms with Gasteiger partial charge in [0.2, 0.25) is 5.91 Å². The summed E-state index contributed by atoms with van der Waals surface area (Å²) in [6.45, 7) is 0. The van der Waals surface area contributed by atoms with Gasteiger partial charge in [0.05, 0.1) is 5.56 Å². The quantitative estimate of drug-likeness (QED) is 0.680. The Balaban J connectivity index is 2.81. The Labute approximate surface area is 100.0 Å². The number of rotatable bonds is 4. The SMILES string of the molecule is NC(=O)CCC(=O)c1cc(I)ccc1F. The van der Waals surface area contributed by atoms with E-state index in [-0.39, 0.29) is 18.4 Å². The summed E-state index contributed by atoms with van der Waals surface area (Å²) in [4.78, 5) is 21.9. The number of primary amides is 1. The molecule has 0 aliphatic rings. The molecule has 0 bridgehead atoms. The summed E-state index contributed by atoms with van der Waals surface area (Å²) in [6.07, 6.45) is -0.101. The van der Waals surface area contributed by atoms with E-state index >= 15 is 0 Å². The van der Waals surface area contributed by atoms with E-state index in [2.05, 4.69) is 0 Å². The van der Waals surface area contributed by atoms with Gasteiger partial charge in [-0.3, -0.25) is 9.59 Å². The van der Waals surface area contributed by atoms with Crippen LogP contribution in [0.4, 0.5) is 4.39 Å². The largest absolute Gasteiger partial charge is 0.370 e. The van der Waals surface area contributed by atoms with Crippen LogP contribution in [0.15, 0.2) is 18.2 Å². The van der Waals surface area contributed by atoms with Crippen LogP contribution in [-0.4, -0.2) is 11.7 Å². The van der Waals surface area contributed by atoms with Crippen molar-refractivity contribution < 1.29 is 14.0 Å². The maximum absolute atomic E-state index is 13.2. The van der Waals surface area contributed by atoms with Crippen molar-refractivity contribution in [2.24, 2.45) is 5.73 Å². The van der Waals surface area contributed by atoms with Crippen molar-refractivity contribution in [2.45, 2.75) is 12.8 Å². The second-order valence-electron chi connectivity index (χ2n) is 3.01. The van der Waals surface area contributed by atoms with Crippen LogP contribution < -0.4 is 5.73 Å². The molecule has 1 aromatic rings. The molecule has 0 atom stereocenters. The van der Waals surface area contributed by atoms with E-state index in [1.807, 2.05) is 22.6 Å². The van der Waals surface area contributed by atoms with Gasteiger partial charge in [-0.1, -0.05) is 0 Å². The number of carbonyl (C=O) groups excluding carboxylic acids is 2. The highest BCUT2D eigenvalue weighted by Crippen LogP contribution is 2.14. The monoisotopic (exact) mass is 321 g/mol. The van der Waals surface area contributed by atoms with Crippen molar-refractivity contribution >= 4 is 34.3 Å². The molecule has 0 unspecified atom stereocenters. The molecule has 0 aliphatic carbocycles. The van der Waals surface area contributed by atoms with Gasteiger partial charge in [0, 0.05) is 16.4 Å². The molecule has 2 N–H and O–H groups in total. The number of carbonyl (C=O) groups is 2. The third kappa shape index (κ3) is 3.58. The summed E-state index contributed by atoms with van der Waals surface area (Å²) in [5.41, 5.74) is 4.92. The van der Waals surface area contributed by atoms with Gasteiger partial charge in [-0.25, -0.2) is 4.39 Å². The molecule has 0 fully saturated rings. The molecule has 0 radical (unpaired) electrons. The number of halogens is 2. The van der Waals surface area contributed by atoms with Gasteiger partial charge < -0.3 is 5.73 Å². The Morgan fingerprint density at radius 1 is 1.33 bits per heavy atom. The first-order chi connectivity index (χ1) is 7.00. The van der Waals surface area contributed by atoms with Crippen molar-refractivity contribution in [3.8, 4) is 0 Å². The summed E-state index contributed by atoms with van der Waals surface area (Å²) in [7, 11) is 0. The lowest BCUT2D eigenvalue weighted by Gasteiger charge is -2.01. The molecule has 3 nitrogen and oxygen atoms in total. The molecule has 0 aromatic heterocycles. The normalized spacial score (nSPS) is 10.0. The fourth-order valence-electron chi connectivity index (χ4n) is 1.08. The van der Waals surface area contributed by atoms with E-state index in [9.17, 15) is 14.0 Å². The molecule has 1 amide bonds. The van der Waals surface area contributed by atoms with Crippen molar-refractivity contribution in [3.05, 3.63) is 33.1 Å². The van der Waals surface area contributed by atoms with Gasteiger partial charge >= 0.3 is 0 Å². The number of hydrogen-bond acceptors (Lipinski definition) is 2. The summed E-state index contributed by atoms with van der Waals surface area (Å²) in [5, 5.41) is 0. The fourth-order valence-corrected chi connectivity index (χ4v) is 1.57. The zero-order valence-corrected chi connectivity index (χ0v) is 9.95. The first-order valence-corrected chi connectivity index (χ1v) is 5.35. The molecule has 80 valence electrons. The van der Waals surface area contributed by atoms with Crippen LogP contribution in [0, 0.1) is 9.39 Å². The van der Waals surface area contributed by atoms with Gasteiger partial charge in [-0.2, -0.15) is 0 Å². The molecule has 0 spiro atoms. The third-order valence-electron chi connectivity index (χ3n) is 1.83. The van der Waals surface area contributed by atoms with Crippen LogP contribution >= 0.6 is 22.6 Å². The number of amides is 1.